The van der Waals surface area contributed by atoms with Gasteiger partial charge in [0.15, 0.2) is 0 Å². The summed E-state index contributed by atoms with van der Waals surface area (Å²) in [4.78, 5) is 0. The minimum absolute atomic E-state index is 0.976. The topological polar surface area (TPSA) is 0 Å². The van der Waals surface area contributed by atoms with Gasteiger partial charge in [-0.1, -0.05) is 11.8 Å². The number of benzene rings is 1. The maximum Gasteiger partial charge on any atom is 0.228 e. The van der Waals surface area contributed by atoms with E-state index in [9.17, 15) is 0 Å². The van der Waals surface area contributed by atoms with Gasteiger partial charge in [-0.05, 0) is 50.5 Å². The Morgan fingerprint density at radius 3 is 1.22 bits per heavy atom. The van der Waals surface area contributed by atoms with E-state index in [1.54, 1.807) is 0 Å². The molecule has 4 heteroatoms. The molecule has 0 saturated heterocycles. The Balaban J connectivity index is 2.86. The van der Waals surface area contributed by atoms with E-state index < -0.39 is 14.8 Å². The Bertz CT molecular complexity index is 475. The second-order valence-electron chi connectivity index (χ2n) is 5.02. The molecule has 0 aliphatic rings. The van der Waals surface area contributed by atoms with Crippen LogP contribution in [0.15, 0.2) is 24.3 Å². The zero-order valence-electron chi connectivity index (χ0n) is 11.1. The maximum atomic E-state index is 6.15. The van der Waals surface area contributed by atoms with E-state index >= 15 is 0 Å². The molecule has 0 atom stereocenters. The smallest absolute Gasteiger partial charge is 0.151 e. The van der Waals surface area contributed by atoms with Gasteiger partial charge in [0.25, 0.3) is 0 Å². The molecule has 0 nitrogen and oxygen atoms in total. The fraction of sp³-hybridized carbons (Fsp3) is 0.286. The number of hydrogen-bond donors (Lipinski definition) is 0. The Morgan fingerprint density at radius 2 is 1.00 bits per heavy atom. The molecule has 0 heterocycles. The highest BCUT2D eigenvalue weighted by Crippen LogP contribution is 2.08. The van der Waals surface area contributed by atoms with Crippen molar-refractivity contribution in [3.05, 3.63) is 35.4 Å². The molecule has 0 bridgehead atoms. The van der Waals surface area contributed by atoms with Gasteiger partial charge in [0.2, 0.25) is 14.8 Å². The highest BCUT2D eigenvalue weighted by atomic mass is 35.6. The molecule has 0 radical (unpaired) electrons. The monoisotopic (exact) mass is 310 g/mol. The van der Waals surface area contributed by atoms with E-state index in [1.807, 2.05) is 50.5 Å². The van der Waals surface area contributed by atoms with Gasteiger partial charge in [0.05, 0.1) is 0 Å². The first-order valence-corrected chi connectivity index (χ1v) is 13.7. The molecule has 0 spiro atoms. The van der Waals surface area contributed by atoms with Crippen LogP contribution in [0.5, 0.6) is 0 Å². The van der Waals surface area contributed by atoms with Crippen LogP contribution in [-0.4, -0.2) is 14.8 Å². The van der Waals surface area contributed by atoms with Crippen LogP contribution in [0.4, 0.5) is 0 Å². The van der Waals surface area contributed by atoms with E-state index in [4.69, 9.17) is 22.2 Å². The van der Waals surface area contributed by atoms with E-state index in [0.717, 1.165) is 11.1 Å². The first kappa shape index (κ1) is 15.4. The lowest BCUT2D eigenvalue weighted by Crippen LogP contribution is -2.12. The Kier molecular flexibility index (Phi) is 5.13. The second-order valence-corrected chi connectivity index (χ2v) is 17.1. The van der Waals surface area contributed by atoms with Crippen LogP contribution in [0, 0.1) is 22.9 Å². The van der Waals surface area contributed by atoms with E-state index in [0.29, 0.717) is 0 Å². The SMILES string of the molecule is C[Si](C)(Cl)C#Cc1ccc(C#C[Si](C)(C)Cl)cc1. The second kappa shape index (κ2) is 6.00. The van der Waals surface area contributed by atoms with E-state index in [-0.39, 0.29) is 0 Å². The van der Waals surface area contributed by atoms with Crippen LogP contribution in [0.3, 0.4) is 0 Å². The van der Waals surface area contributed by atoms with Crippen LogP contribution >= 0.6 is 22.2 Å². The summed E-state index contributed by atoms with van der Waals surface area (Å²) in [5.41, 5.74) is 8.19. The van der Waals surface area contributed by atoms with Gasteiger partial charge in [-0.2, -0.15) is 22.2 Å². The molecule has 0 N–H and O–H groups in total. The van der Waals surface area contributed by atoms with Crippen LogP contribution in [0.1, 0.15) is 11.1 Å². The Morgan fingerprint density at radius 1 is 0.722 bits per heavy atom. The number of hydrogen-bond acceptors (Lipinski definition) is 0. The van der Waals surface area contributed by atoms with Crippen molar-refractivity contribution >= 4 is 36.9 Å². The van der Waals surface area contributed by atoms with Crippen molar-refractivity contribution in [2.75, 3.05) is 0 Å². The molecule has 18 heavy (non-hydrogen) atoms. The molecular formula is C14H16Cl2Si2. The molecule has 0 unspecified atom stereocenters. The van der Waals surface area contributed by atoms with Gasteiger partial charge in [-0.3, -0.25) is 0 Å². The molecule has 1 aromatic rings. The van der Waals surface area contributed by atoms with Crippen molar-refractivity contribution in [1.82, 2.24) is 0 Å². The van der Waals surface area contributed by atoms with Gasteiger partial charge >= 0.3 is 0 Å². The number of rotatable bonds is 0. The zero-order valence-corrected chi connectivity index (χ0v) is 14.6. The lowest BCUT2D eigenvalue weighted by molar-refractivity contribution is 1.60. The summed E-state index contributed by atoms with van der Waals surface area (Å²) in [5.74, 6) is 6.20. The highest BCUT2D eigenvalue weighted by Gasteiger charge is 2.12. The third-order valence-electron chi connectivity index (χ3n) is 1.89. The van der Waals surface area contributed by atoms with Gasteiger partial charge in [-0.25, -0.2) is 0 Å². The van der Waals surface area contributed by atoms with Gasteiger partial charge < -0.3 is 0 Å². The van der Waals surface area contributed by atoms with Crippen molar-refractivity contribution in [1.29, 1.82) is 0 Å². The fourth-order valence-corrected chi connectivity index (χ4v) is 2.25. The first-order valence-electron chi connectivity index (χ1n) is 5.70. The van der Waals surface area contributed by atoms with Crippen molar-refractivity contribution < 1.29 is 0 Å². The average Bonchev–Trinajstić information content (AvgIpc) is 2.23. The Labute approximate surface area is 121 Å². The third-order valence-corrected chi connectivity index (χ3v) is 3.90. The van der Waals surface area contributed by atoms with Gasteiger partial charge in [0, 0.05) is 11.1 Å². The largest absolute Gasteiger partial charge is 0.228 e. The summed E-state index contributed by atoms with van der Waals surface area (Å²) in [6, 6.07) is 7.88. The van der Waals surface area contributed by atoms with E-state index in [1.165, 1.54) is 0 Å². The predicted octanol–water partition coefficient (Wildman–Crippen LogP) is 4.36. The average molecular weight is 311 g/mol. The molecule has 0 fully saturated rings. The molecule has 0 aliphatic carbocycles. The zero-order chi connectivity index (χ0) is 13.8. The molecule has 1 rings (SSSR count). The Hall–Kier alpha value is -0.646. The van der Waals surface area contributed by atoms with E-state index in [2.05, 4.69) is 22.9 Å². The molecule has 94 valence electrons. The fourth-order valence-electron chi connectivity index (χ4n) is 1.08. The third kappa shape index (κ3) is 6.94. The quantitative estimate of drug-likeness (QED) is 0.379. The molecule has 0 aliphatic heterocycles. The van der Waals surface area contributed by atoms with Crippen LogP contribution in [0.2, 0.25) is 26.2 Å². The normalized spacial score (nSPS) is 11.0. The molecule has 0 amide bonds. The number of halogens is 2. The summed E-state index contributed by atoms with van der Waals surface area (Å²) in [6.07, 6.45) is 0. The summed E-state index contributed by atoms with van der Waals surface area (Å²) in [7, 11) is -3.64. The first-order chi connectivity index (χ1) is 8.16. The van der Waals surface area contributed by atoms with Crippen molar-refractivity contribution in [2.24, 2.45) is 0 Å². The van der Waals surface area contributed by atoms with Crippen LogP contribution < -0.4 is 0 Å². The van der Waals surface area contributed by atoms with Gasteiger partial charge in [-0.15, -0.1) is 11.1 Å². The van der Waals surface area contributed by atoms with Crippen molar-refractivity contribution in [3.63, 3.8) is 0 Å². The molecule has 0 aromatic heterocycles. The molecular weight excluding hydrogens is 295 g/mol. The summed E-state index contributed by atoms with van der Waals surface area (Å²) in [5, 5.41) is 0. The van der Waals surface area contributed by atoms with Crippen molar-refractivity contribution in [2.45, 2.75) is 26.2 Å². The maximum absolute atomic E-state index is 6.15. The minimum Gasteiger partial charge on any atom is -0.151 e. The van der Waals surface area contributed by atoms with Crippen molar-refractivity contribution in [3.8, 4) is 22.9 Å². The van der Waals surface area contributed by atoms with Crippen LogP contribution in [-0.2, 0) is 0 Å². The molecule has 1 aromatic carbocycles. The van der Waals surface area contributed by atoms with Crippen LogP contribution in [0.25, 0.3) is 0 Å². The van der Waals surface area contributed by atoms with Gasteiger partial charge in [0.1, 0.15) is 0 Å². The summed E-state index contributed by atoms with van der Waals surface area (Å²) >= 11 is 12.3. The minimum atomic E-state index is -1.82. The molecule has 0 saturated carbocycles. The summed E-state index contributed by atoms with van der Waals surface area (Å²) < 4.78 is 0. The summed E-state index contributed by atoms with van der Waals surface area (Å²) in [6.45, 7) is 8.03. The standard InChI is InChI=1S/C14H16Cl2Si2/c1-17(2,15)11-9-13-5-7-14(8-6-13)10-12-18(3,4)16/h5-8H,1-4H3. The predicted molar refractivity (Wildman–Crippen MR) is 86.9 cm³/mol. The highest BCUT2D eigenvalue weighted by molar-refractivity contribution is 7.24. The lowest BCUT2D eigenvalue weighted by Gasteiger charge is -2.01. The lowest BCUT2D eigenvalue weighted by atomic mass is 10.1.